The highest BCUT2D eigenvalue weighted by atomic mass is 32.2. The molecule has 2 unspecified atom stereocenters. The highest BCUT2D eigenvalue weighted by Crippen LogP contribution is 2.39. The zero-order chi connectivity index (χ0) is 28.2. The SMILES string of the molecule is CNC(=O)CCC1N=C(c2ccc(NS(=O)(=O)c3ccccc3)cc2)c2c(cc(OC)c(OC)c2F)CC1C. The molecule has 0 saturated heterocycles. The van der Waals surface area contributed by atoms with Crippen LogP contribution in [-0.4, -0.2) is 47.3 Å². The van der Waals surface area contributed by atoms with Gasteiger partial charge in [-0.3, -0.25) is 14.5 Å². The number of aliphatic imine (C=N–C) groups is 1. The van der Waals surface area contributed by atoms with E-state index in [1.807, 2.05) is 6.92 Å². The Kier molecular flexibility index (Phi) is 8.54. The van der Waals surface area contributed by atoms with E-state index < -0.39 is 15.8 Å². The number of nitrogens with zero attached hydrogens (tertiary/aromatic N) is 1. The van der Waals surface area contributed by atoms with Gasteiger partial charge in [-0.1, -0.05) is 37.3 Å². The van der Waals surface area contributed by atoms with E-state index in [1.54, 1.807) is 55.6 Å². The third-order valence-electron chi connectivity index (χ3n) is 6.83. The predicted octanol–water partition coefficient (Wildman–Crippen LogP) is 4.57. The van der Waals surface area contributed by atoms with Crippen molar-refractivity contribution < 1.29 is 27.1 Å². The Bertz CT molecular complexity index is 1480. The second-order valence-corrected chi connectivity index (χ2v) is 11.1. The van der Waals surface area contributed by atoms with Crippen molar-refractivity contribution in [3.05, 3.63) is 83.2 Å². The number of anilines is 1. The topological polar surface area (TPSA) is 106 Å². The van der Waals surface area contributed by atoms with Crippen molar-refractivity contribution in [3.8, 4) is 11.5 Å². The van der Waals surface area contributed by atoms with Crippen molar-refractivity contribution in [2.75, 3.05) is 26.0 Å². The van der Waals surface area contributed by atoms with E-state index >= 15 is 4.39 Å². The standard InChI is InChI=1S/C29H32FN3O5S/c1-18-16-20-17-24(37-3)29(38-4)27(30)26(20)28(32-23(18)14-15-25(34)31-2)19-10-12-21(13-11-19)33-39(35,36)22-8-6-5-7-9-22/h5-13,17-18,23,33H,14-16H2,1-4H3,(H,31,34). The molecule has 8 nitrogen and oxygen atoms in total. The van der Waals surface area contributed by atoms with Gasteiger partial charge in [0.1, 0.15) is 0 Å². The highest BCUT2D eigenvalue weighted by Gasteiger charge is 2.31. The first-order valence-electron chi connectivity index (χ1n) is 12.6. The molecule has 1 heterocycles. The number of benzene rings is 3. The molecule has 3 aromatic rings. The molecule has 2 N–H and O–H groups in total. The molecule has 0 saturated carbocycles. The van der Waals surface area contributed by atoms with Gasteiger partial charge in [0.05, 0.1) is 30.9 Å². The maximum atomic E-state index is 16.0. The van der Waals surface area contributed by atoms with Crippen molar-refractivity contribution in [3.63, 3.8) is 0 Å². The lowest BCUT2D eigenvalue weighted by molar-refractivity contribution is -0.120. The van der Waals surface area contributed by atoms with Gasteiger partial charge in [0, 0.05) is 30.3 Å². The number of hydrogen-bond acceptors (Lipinski definition) is 6. The van der Waals surface area contributed by atoms with Crippen LogP contribution < -0.4 is 19.5 Å². The van der Waals surface area contributed by atoms with Crippen LogP contribution in [0.3, 0.4) is 0 Å². The Labute approximate surface area is 228 Å². The zero-order valence-electron chi connectivity index (χ0n) is 22.3. The van der Waals surface area contributed by atoms with Crippen LogP contribution in [-0.2, 0) is 21.2 Å². The minimum absolute atomic E-state index is 0.0142. The third kappa shape index (κ3) is 6.06. The van der Waals surface area contributed by atoms with Crippen LogP contribution in [0.1, 0.15) is 36.5 Å². The molecule has 206 valence electrons. The smallest absolute Gasteiger partial charge is 0.261 e. The highest BCUT2D eigenvalue weighted by molar-refractivity contribution is 7.92. The summed E-state index contributed by atoms with van der Waals surface area (Å²) in [6, 6.07) is 16.2. The maximum Gasteiger partial charge on any atom is 0.261 e. The van der Waals surface area contributed by atoms with Gasteiger partial charge in [-0.05, 0) is 54.7 Å². The molecule has 0 radical (unpaired) electrons. The third-order valence-corrected chi connectivity index (χ3v) is 8.23. The van der Waals surface area contributed by atoms with Gasteiger partial charge >= 0.3 is 0 Å². The lowest BCUT2D eigenvalue weighted by Crippen LogP contribution is -2.23. The van der Waals surface area contributed by atoms with Crippen LogP contribution in [0.5, 0.6) is 11.5 Å². The second kappa shape index (κ2) is 11.9. The van der Waals surface area contributed by atoms with Crippen molar-refractivity contribution in [2.45, 2.75) is 37.1 Å². The number of ether oxygens (including phenoxy) is 2. The van der Waals surface area contributed by atoms with Gasteiger partial charge in [-0.2, -0.15) is 0 Å². The number of sulfonamides is 1. The van der Waals surface area contributed by atoms with Gasteiger partial charge in [0.25, 0.3) is 10.0 Å². The van der Waals surface area contributed by atoms with Gasteiger partial charge in [0.2, 0.25) is 5.91 Å². The van der Waals surface area contributed by atoms with Crippen molar-refractivity contribution in [2.24, 2.45) is 10.9 Å². The summed E-state index contributed by atoms with van der Waals surface area (Å²) in [6.07, 6.45) is 1.30. The first kappa shape index (κ1) is 28.1. The van der Waals surface area contributed by atoms with Gasteiger partial charge in [-0.25, -0.2) is 12.8 Å². The molecular formula is C29H32FN3O5S. The summed E-state index contributed by atoms with van der Waals surface area (Å²) < 4.78 is 54.8. The minimum atomic E-state index is -3.77. The molecule has 0 spiro atoms. The fourth-order valence-electron chi connectivity index (χ4n) is 4.74. The molecule has 0 bridgehead atoms. The number of hydrogen-bond donors (Lipinski definition) is 2. The van der Waals surface area contributed by atoms with E-state index in [0.29, 0.717) is 40.9 Å². The van der Waals surface area contributed by atoms with E-state index in [0.717, 1.165) is 0 Å². The van der Waals surface area contributed by atoms with Crippen LogP contribution in [0.2, 0.25) is 0 Å². The Morgan fingerprint density at radius 3 is 2.38 bits per heavy atom. The summed E-state index contributed by atoms with van der Waals surface area (Å²) in [4.78, 5) is 17.1. The number of halogens is 1. The summed E-state index contributed by atoms with van der Waals surface area (Å²) in [6.45, 7) is 2.03. The fourth-order valence-corrected chi connectivity index (χ4v) is 5.82. The van der Waals surface area contributed by atoms with Crippen molar-refractivity contribution in [1.82, 2.24) is 5.32 Å². The normalized spacial score (nSPS) is 16.9. The van der Waals surface area contributed by atoms with Crippen LogP contribution in [0.4, 0.5) is 10.1 Å². The van der Waals surface area contributed by atoms with E-state index in [4.69, 9.17) is 14.5 Å². The Morgan fingerprint density at radius 2 is 1.77 bits per heavy atom. The van der Waals surface area contributed by atoms with Crippen LogP contribution >= 0.6 is 0 Å². The molecule has 10 heteroatoms. The van der Waals surface area contributed by atoms with Gasteiger partial charge in [-0.15, -0.1) is 0 Å². The summed E-state index contributed by atoms with van der Waals surface area (Å²) in [5.41, 5.74) is 2.39. The first-order valence-corrected chi connectivity index (χ1v) is 14.1. The molecule has 3 aromatic carbocycles. The van der Waals surface area contributed by atoms with Crippen LogP contribution in [0.15, 0.2) is 70.6 Å². The van der Waals surface area contributed by atoms with E-state index in [2.05, 4.69) is 10.0 Å². The molecule has 1 aliphatic heterocycles. The molecule has 0 fully saturated rings. The number of fused-ring (bicyclic) bond motifs is 1. The number of amides is 1. The average molecular weight is 554 g/mol. The minimum Gasteiger partial charge on any atom is -0.493 e. The van der Waals surface area contributed by atoms with E-state index in [9.17, 15) is 13.2 Å². The summed E-state index contributed by atoms with van der Waals surface area (Å²) >= 11 is 0. The Balaban J connectivity index is 1.77. The first-order chi connectivity index (χ1) is 18.7. The molecule has 4 rings (SSSR count). The second-order valence-electron chi connectivity index (χ2n) is 9.39. The van der Waals surface area contributed by atoms with E-state index in [1.165, 1.54) is 26.4 Å². The number of carbonyl (C=O) groups is 1. The quantitative estimate of drug-likeness (QED) is 0.404. The molecule has 2 atom stereocenters. The van der Waals surface area contributed by atoms with E-state index in [-0.39, 0.29) is 40.7 Å². The number of methoxy groups -OCH3 is 2. The van der Waals surface area contributed by atoms with Crippen molar-refractivity contribution in [1.29, 1.82) is 0 Å². The molecule has 39 heavy (non-hydrogen) atoms. The lowest BCUT2D eigenvalue weighted by Gasteiger charge is -2.19. The monoisotopic (exact) mass is 553 g/mol. The van der Waals surface area contributed by atoms with Crippen LogP contribution in [0.25, 0.3) is 0 Å². The number of nitrogens with one attached hydrogen (secondary N) is 2. The average Bonchev–Trinajstić information content (AvgIpc) is 3.08. The maximum absolute atomic E-state index is 16.0. The summed E-state index contributed by atoms with van der Waals surface area (Å²) in [5, 5.41) is 2.63. The molecular weight excluding hydrogens is 521 g/mol. The summed E-state index contributed by atoms with van der Waals surface area (Å²) in [7, 11) is 0.653. The molecule has 0 aliphatic carbocycles. The lowest BCUT2D eigenvalue weighted by atomic mass is 9.89. The zero-order valence-corrected chi connectivity index (χ0v) is 23.1. The fraction of sp³-hybridized carbons (Fsp3) is 0.310. The molecule has 0 aromatic heterocycles. The Morgan fingerprint density at radius 1 is 1.08 bits per heavy atom. The van der Waals surface area contributed by atoms with Crippen LogP contribution in [0, 0.1) is 11.7 Å². The molecule has 1 amide bonds. The van der Waals surface area contributed by atoms with Crippen molar-refractivity contribution >= 4 is 27.3 Å². The molecule has 1 aliphatic rings. The predicted molar refractivity (Wildman–Crippen MR) is 149 cm³/mol. The summed E-state index contributed by atoms with van der Waals surface area (Å²) in [5.74, 6) is -0.397. The van der Waals surface area contributed by atoms with Gasteiger partial charge < -0.3 is 14.8 Å². The Hall–Kier alpha value is -3.92. The van der Waals surface area contributed by atoms with Gasteiger partial charge in [0.15, 0.2) is 17.3 Å². The number of rotatable bonds is 9. The largest absolute Gasteiger partial charge is 0.493 e. The number of carbonyl (C=O) groups excluding carboxylic acids is 1.